The number of anilines is 1. The van der Waals surface area contributed by atoms with Gasteiger partial charge in [-0.1, -0.05) is 38.1 Å². The molecule has 55 heavy (non-hydrogen) atoms. The topological polar surface area (TPSA) is 192 Å². The number of carbonyl (C=O) groups is 5. The van der Waals surface area contributed by atoms with E-state index in [1.807, 2.05) is 13.0 Å². The summed E-state index contributed by atoms with van der Waals surface area (Å²) in [6.45, 7) is 9.51. The largest absolute Gasteiger partial charge is 0.465 e. The van der Waals surface area contributed by atoms with Crippen molar-refractivity contribution in [3.8, 4) is 0 Å². The number of alkyl halides is 3. The van der Waals surface area contributed by atoms with Crippen molar-refractivity contribution >= 4 is 45.6 Å². The van der Waals surface area contributed by atoms with Crippen LogP contribution in [-0.4, -0.2) is 88.9 Å². The van der Waals surface area contributed by atoms with Crippen LogP contribution in [0.25, 0.3) is 0 Å². The fraction of sp³-hybridized carbons (Fsp3) is 0.649. The number of hydrogen-bond acceptors (Lipinski definition) is 8. The number of allylic oxidation sites excluding steroid dienone is 1. The normalized spacial score (nSPS) is 29.7. The van der Waals surface area contributed by atoms with Crippen LogP contribution in [0, 0.1) is 17.8 Å². The van der Waals surface area contributed by atoms with Gasteiger partial charge in [-0.25, -0.2) is 18.0 Å². The van der Waals surface area contributed by atoms with Gasteiger partial charge in [0.15, 0.2) is 0 Å². The highest BCUT2D eigenvalue weighted by Gasteiger charge is 2.63. The van der Waals surface area contributed by atoms with E-state index in [2.05, 4.69) is 15.4 Å². The van der Waals surface area contributed by atoms with Crippen molar-refractivity contribution in [2.75, 3.05) is 11.4 Å². The molecule has 5 amide bonds. The first-order valence-corrected chi connectivity index (χ1v) is 19.9. The summed E-state index contributed by atoms with van der Waals surface area (Å²) >= 11 is 0. The minimum absolute atomic E-state index is 0.000421. The monoisotopic (exact) mass is 797 g/mol. The van der Waals surface area contributed by atoms with Crippen molar-refractivity contribution in [3.63, 3.8) is 0 Å². The Morgan fingerprint density at radius 3 is 2.33 bits per heavy atom. The van der Waals surface area contributed by atoms with Gasteiger partial charge in [0, 0.05) is 12.5 Å². The maximum Gasteiger partial charge on any atom is 0.418 e. The summed E-state index contributed by atoms with van der Waals surface area (Å²) in [5.74, 6) is -3.93. The van der Waals surface area contributed by atoms with Crippen molar-refractivity contribution in [1.82, 2.24) is 20.3 Å². The van der Waals surface area contributed by atoms with E-state index >= 15 is 0 Å². The Bertz CT molecular complexity index is 1840. The van der Waals surface area contributed by atoms with Gasteiger partial charge in [0.05, 0.1) is 22.0 Å². The molecule has 2 saturated carbocycles. The molecule has 304 valence electrons. The highest BCUT2D eigenvalue weighted by Crippen LogP contribution is 2.48. The number of halogens is 3. The standard InChI is InChI=1S/C37H50F3N5O9S/c1-21-11-7-8-12-23-19-36(23,31(48)43-55(52,53)35(6)15-16-35)42-29(46)27-18-24(45(33(50)51)26-14-10-9-13-25(26)37(38,39)40)20-44(27)30(47)28(22(2)17-21)41-32(49)54-34(3,4)5/h8-10,12-14,21-24,27-28H,7,11,15-20H2,1-6H3,(H,41,49)(H,42,46)(H,43,48)(H,50,51)/t21-,22+,23+,24+,27-,28-,36+/m0/s1. The molecule has 0 spiro atoms. The molecule has 2 heterocycles. The maximum atomic E-state index is 14.7. The average molecular weight is 798 g/mol. The summed E-state index contributed by atoms with van der Waals surface area (Å²) in [7, 11) is -4.13. The molecule has 1 aromatic rings. The number of rotatable bonds is 6. The van der Waals surface area contributed by atoms with E-state index in [0.717, 1.165) is 23.1 Å². The highest BCUT2D eigenvalue weighted by atomic mass is 32.2. The Kier molecular flexibility index (Phi) is 11.4. The average Bonchev–Trinajstić information content (AvgIpc) is 3.93. The quantitative estimate of drug-likeness (QED) is 0.289. The summed E-state index contributed by atoms with van der Waals surface area (Å²) in [6, 6.07) is -0.231. The number of ether oxygens (including phenoxy) is 1. The van der Waals surface area contributed by atoms with Crippen LogP contribution in [0.1, 0.15) is 92.1 Å². The second-order valence-corrected chi connectivity index (χ2v) is 18.9. The first-order valence-electron chi connectivity index (χ1n) is 18.4. The predicted octanol–water partition coefficient (Wildman–Crippen LogP) is 4.94. The van der Waals surface area contributed by atoms with Crippen molar-refractivity contribution in [2.45, 2.75) is 127 Å². The number of fused-ring (bicyclic) bond motifs is 2. The van der Waals surface area contributed by atoms with E-state index in [1.165, 1.54) is 13.0 Å². The molecule has 2 aliphatic carbocycles. The van der Waals surface area contributed by atoms with E-state index in [0.29, 0.717) is 37.0 Å². The van der Waals surface area contributed by atoms with Crippen molar-refractivity contribution < 1.29 is 55.4 Å². The molecule has 4 N–H and O–H groups in total. The molecular weight excluding hydrogens is 747 g/mol. The summed E-state index contributed by atoms with van der Waals surface area (Å²) in [5, 5.41) is 15.7. The van der Waals surface area contributed by atoms with Gasteiger partial charge in [-0.3, -0.25) is 24.0 Å². The zero-order valence-corrected chi connectivity index (χ0v) is 32.6. The van der Waals surface area contributed by atoms with Gasteiger partial charge in [-0.05, 0) is 96.6 Å². The zero-order chi connectivity index (χ0) is 40.9. The molecule has 3 fully saturated rings. The van der Waals surface area contributed by atoms with Gasteiger partial charge in [0.25, 0.3) is 5.91 Å². The molecular formula is C37H50F3N5O9S. The molecule has 7 atom stereocenters. The predicted molar refractivity (Wildman–Crippen MR) is 194 cm³/mol. The molecule has 14 nitrogen and oxygen atoms in total. The van der Waals surface area contributed by atoms with Crippen LogP contribution < -0.4 is 20.3 Å². The van der Waals surface area contributed by atoms with E-state index in [1.54, 1.807) is 33.8 Å². The smallest absolute Gasteiger partial charge is 0.418 e. The third kappa shape index (κ3) is 9.04. The lowest BCUT2D eigenvalue weighted by Crippen LogP contribution is -2.59. The highest BCUT2D eigenvalue weighted by molar-refractivity contribution is 7.91. The van der Waals surface area contributed by atoms with Crippen LogP contribution in [-0.2, 0) is 35.3 Å². The number of nitrogens with one attached hydrogen (secondary N) is 3. The SMILES string of the molecule is C[C@H]1CCC=C[C@@H]2C[C@@]2(C(=O)NS(=O)(=O)C2(C)CC2)NC(=O)[C@@H]2C[C@@H](N(C(=O)O)c3ccccc3C(F)(F)F)CN2C(=O)[C@@H](NC(=O)OC(C)(C)C)[C@H](C)C1. The molecule has 0 aromatic heterocycles. The van der Waals surface area contributed by atoms with Crippen molar-refractivity contribution in [3.05, 3.63) is 42.0 Å². The summed E-state index contributed by atoms with van der Waals surface area (Å²) in [4.78, 5) is 70.4. The Morgan fingerprint density at radius 2 is 1.73 bits per heavy atom. The van der Waals surface area contributed by atoms with Gasteiger partial charge in [0.2, 0.25) is 21.8 Å². The van der Waals surface area contributed by atoms with Gasteiger partial charge >= 0.3 is 18.4 Å². The second-order valence-electron chi connectivity index (χ2n) is 16.7. The van der Waals surface area contributed by atoms with Crippen molar-refractivity contribution in [1.29, 1.82) is 0 Å². The number of para-hydroxylation sites is 1. The molecule has 0 unspecified atom stereocenters. The van der Waals surface area contributed by atoms with Crippen LogP contribution >= 0.6 is 0 Å². The van der Waals surface area contributed by atoms with Crippen LogP contribution in [0.4, 0.5) is 28.4 Å². The number of carboxylic acid groups (broad SMARTS) is 1. The van der Waals surface area contributed by atoms with E-state index in [9.17, 15) is 50.7 Å². The van der Waals surface area contributed by atoms with E-state index in [-0.39, 0.29) is 12.3 Å². The minimum atomic E-state index is -4.96. The minimum Gasteiger partial charge on any atom is -0.465 e. The first kappa shape index (κ1) is 41.8. The fourth-order valence-corrected chi connectivity index (χ4v) is 8.84. The first-order chi connectivity index (χ1) is 25.4. The lowest BCUT2D eigenvalue weighted by molar-refractivity contribution is -0.142. The number of carbonyl (C=O) groups excluding carboxylic acids is 4. The van der Waals surface area contributed by atoms with Crippen molar-refractivity contribution in [2.24, 2.45) is 17.8 Å². The molecule has 0 radical (unpaired) electrons. The van der Waals surface area contributed by atoms with Gasteiger partial charge in [-0.2, -0.15) is 13.2 Å². The van der Waals surface area contributed by atoms with Gasteiger partial charge in [-0.15, -0.1) is 0 Å². The number of hydrogen-bond donors (Lipinski definition) is 4. The number of benzene rings is 1. The molecule has 1 saturated heterocycles. The van der Waals surface area contributed by atoms with Crippen LogP contribution in [0.3, 0.4) is 0 Å². The lowest BCUT2D eigenvalue weighted by Gasteiger charge is -2.33. The molecule has 5 rings (SSSR count). The Balaban J connectivity index is 1.58. The Morgan fingerprint density at radius 1 is 1.07 bits per heavy atom. The molecule has 2 aliphatic heterocycles. The Labute approximate surface area is 318 Å². The second kappa shape index (κ2) is 15.0. The number of nitrogens with zero attached hydrogens (tertiary/aromatic N) is 2. The number of alkyl carbamates (subject to hydrolysis) is 1. The zero-order valence-electron chi connectivity index (χ0n) is 31.7. The van der Waals surface area contributed by atoms with Crippen LogP contribution in [0.15, 0.2) is 36.4 Å². The third-order valence-corrected chi connectivity index (χ3v) is 13.1. The number of sulfonamides is 1. The molecule has 1 aromatic carbocycles. The van der Waals surface area contributed by atoms with Crippen LogP contribution in [0.2, 0.25) is 0 Å². The maximum absolute atomic E-state index is 14.7. The molecule has 0 bridgehead atoms. The summed E-state index contributed by atoms with van der Waals surface area (Å²) in [5.41, 5.74) is -4.67. The summed E-state index contributed by atoms with van der Waals surface area (Å²) < 4.78 is 75.2. The Hall–Kier alpha value is -4.35. The number of amides is 5. The van der Waals surface area contributed by atoms with E-state index < -0.39 is 116 Å². The third-order valence-electron chi connectivity index (χ3n) is 11.0. The van der Waals surface area contributed by atoms with Gasteiger partial charge < -0.3 is 25.4 Å². The molecule has 4 aliphatic rings. The fourth-order valence-electron chi connectivity index (χ4n) is 7.53. The summed E-state index contributed by atoms with van der Waals surface area (Å²) in [6.07, 6.45) is -2.27. The van der Waals surface area contributed by atoms with Gasteiger partial charge in [0.1, 0.15) is 23.2 Å². The van der Waals surface area contributed by atoms with E-state index in [4.69, 9.17) is 4.74 Å². The van der Waals surface area contributed by atoms with Crippen LogP contribution in [0.5, 0.6) is 0 Å². The lowest BCUT2D eigenvalue weighted by atomic mass is 9.88. The molecule has 18 heteroatoms.